The van der Waals surface area contributed by atoms with Crippen LogP contribution in [0.4, 0.5) is 4.39 Å². The summed E-state index contributed by atoms with van der Waals surface area (Å²) >= 11 is 0. The lowest BCUT2D eigenvalue weighted by molar-refractivity contribution is 0.0404. The van der Waals surface area contributed by atoms with E-state index in [9.17, 15) is 14.3 Å². The molecular weight excluding hydrogens is 385 g/mol. The van der Waals surface area contributed by atoms with E-state index in [-0.39, 0.29) is 47.6 Å². The van der Waals surface area contributed by atoms with Crippen LogP contribution in [0.5, 0.6) is 5.88 Å². The van der Waals surface area contributed by atoms with Crippen molar-refractivity contribution in [3.63, 3.8) is 0 Å². The Kier molecular flexibility index (Phi) is 7.03. The van der Waals surface area contributed by atoms with Gasteiger partial charge in [0.25, 0.3) is 5.91 Å². The first-order chi connectivity index (χ1) is 14.4. The van der Waals surface area contributed by atoms with Crippen molar-refractivity contribution >= 4 is 5.91 Å². The second kappa shape index (κ2) is 9.70. The lowest BCUT2D eigenvalue weighted by Crippen LogP contribution is -2.49. The van der Waals surface area contributed by atoms with Crippen LogP contribution in [0, 0.1) is 23.6 Å². The molecule has 0 radical (unpaired) electrons. The van der Waals surface area contributed by atoms with Crippen LogP contribution >= 0.6 is 0 Å². The van der Waals surface area contributed by atoms with Crippen LogP contribution in [0.25, 0.3) is 0 Å². The molecule has 7 heteroatoms. The molecule has 6 nitrogen and oxygen atoms in total. The number of ether oxygens (including phenoxy) is 1. The number of carbonyl (C=O) groups is 1. The van der Waals surface area contributed by atoms with Gasteiger partial charge in [0.2, 0.25) is 5.88 Å². The van der Waals surface area contributed by atoms with Crippen LogP contribution in [0.15, 0.2) is 36.5 Å². The van der Waals surface area contributed by atoms with E-state index >= 15 is 0 Å². The highest BCUT2D eigenvalue weighted by Crippen LogP contribution is 2.26. The number of carbonyl (C=O) groups excluding carboxylic acids is 1. The number of hydrogen-bond acceptors (Lipinski definition) is 5. The van der Waals surface area contributed by atoms with Crippen LogP contribution in [0.1, 0.15) is 35.3 Å². The normalized spacial score (nSPS) is 19.6. The highest BCUT2D eigenvalue weighted by Gasteiger charge is 2.33. The van der Waals surface area contributed by atoms with E-state index in [4.69, 9.17) is 4.74 Å². The second-order valence-corrected chi connectivity index (χ2v) is 7.49. The lowest BCUT2D eigenvalue weighted by Gasteiger charge is -2.36. The molecule has 0 aliphatic carbocycles. The van der Waals surface area contributed by atoms with Crippen molar-refractivity contribution in [2.45, 2.75) is 26.0 Å². The molecular formula is C23H26FN3O3. The lowest BCUT2D eigenvalue weighted by atomic mass is 10.0. The summed E-state index contributed by atoms with van der Waals surface area (Å²) in [7, 11) is 1.84. The fraction of sp³-hybridized carbons (Fsp3) is 0.391. The fourth-order valence-electron chi connectivity index (χ4n) is 3.32. The van der Waals surface area contributed by atoms with Gasteiger partial charge in [-0.2, -0.15) is 0 Å². The molecule has 1 aromatic carbocycles. The predicted octanol–water partition coefficient (Wildman–Crippen LogP) is 2.06. The monoisotopic (exact) mass is 411 g/mol. The third-order valence-corrected chi connectivity index (χ3v) is 5.14. The molecule has 0 bridgehead atoms. The van der Waals surface area contributed by atoms with E-state index in [2.05, 4.69) is 22.1 Å². The predicted molar refractivity (Wildman–Crippen MR) is 112 cm³/mol. The number of hydrogen-bond donors (Lipinski definition) is 2. The van der Waals surface area contributed by atoms with E-state index < -0.39 is 5.82 Å². The van der Waals surface area contributed by atoms with Crippen LogP contribution in [-0.2, 0) is 0 Å². The van der Waals surface area contributed by atoms with Gasteiger partial charge in [0.15, 0.2) is 0 Å². The Hall–Kier alpha value is -2.95. The molecule has 1 aromatic heterocycles. The third-order valence-electron chi connectivity index (χ3n) is 5.14. The number of aliphatic hydroxyl groups is 1. The van der Waals surface area contributed by atoms with Gasteiger partial charge in [0, 0.05) is 30.8 Å². The summed E-state index contributed by atoms with van der Waals surface area (Å²) in [6.07, 6.45) is 1.32. The molecule has 0 fully saturated rings. The number of amides is 1. The zero-order valence-electron chi connectivity index (χ0n) is 17.4. The number of nitrogens with zero attached hydrogens (tertiary/aromatic N) is 2. The van der Waals surface area contributed by atoms with Crippen molar-refractivity contribution in [3.05, 3.63) is 59.0 Å². The molecule has 0 saturated carbocycles. The van der Waals surface area contributed by atoms with Gasteiger partial charge in [-0.1, -0.05) is 30.9 Å². The van der Waals surface area contributed by atoms with Crippen LogP contribution in [-0.4, -0.2) is 59.8 Å². The first-order valence-electron chi connectivity index (χ1n) is 9.94. The first-order valence-corrected chi connectivity index (χ1v) is 9.94. The topological polar surface area (TPSA) is 74.7 Å². The number of aliphatic hydroxyl groups excluding tert-OH is 1. The summed E-state index contributed by atoms with van der Waals surface area (Å²) in [6.45, 7) is 4.69. The zero-order chi connectivity index (χ0) is 21.7. The largest absolute Gasteiger partial charge is 0.472 e. The van der Waals surface area contributed by atoms with E-state index in [1.807, 2.05) is 14.0 Å². The van der Waals surface area contributed by atoms with Crippen molar-refractivity contribution < 1.29 is 19.0 Å². The average molecular weight is 411 g/mol. The highest BCUT2D eigenvalue weighted by atomic mass is 19.1. The van der Waals surface area contributed by atoms with E-state index in [1.54, 1.807) is 36.1 Å². The molecule has 2 aromatic rings. The Labute approximate surface area is 176 Å². The Morgan fingerprint density at radius 2 is 2.17 bits per heavy atom. The molecule has 3 rings (SSSR count). The van der Waals surface area contributed by atoms with Gasteiger partial charge in [0.05, 0.1) is 18.2 Å². The number of pyridine rings is 1. The maximum absolute atomic E-state index is 13.8. The molecule has 0 spiro atoms. The molecule has 30 heavy (non-hydrogen) atoms. The summed E-state index contributed by atoms with van der Waals surface area (Å²) in [4.78, 5) is 19.2. The summed E-state index contributed by atoms with van der Waals surface area (Å²) in [5.41, 5.74) is 1.03. The molecule has 2 heterocycles. The Morgan fingerprint density at radius 3 is 2.87 bits per heavy atom. The molecule has 1 aliphatic heterocycles. The van der Waals surface area contributed by atoms with Gasteiger partial charge in [-0.3, -0.25) is 4.79 Å². The van der Waals surface area contributed by atoms with Crippen molar-refractivity contribution in [2.24, 2.45) is 5.92 Å². The Morgan fingerprint density at radius 1 is 1.40 bits per heavy atom. The fourth-order valence-corrected chi connectivity index (χ4v) is 3.32. The molecule has 2 N–H and O–H groups in total. The minimum atomic E-state index is -0.407. The minimum Gasteiger partial charge on any atom is -0.472 e. The van der Waals surface area contributed by atoms with Gasteiger partial charge in [-0.15, -0.1) is 0 Å². The van der Waals surface area contributed by atoms with Crippen molar-refractivity contribution in [3.8, 4) is 17.7 Å². The average Bonchev–Trinajstić information content (AvgIpc) is 2.75. The van der Waals surface area contributed by atoms with Crippen molar-refractivity contribution in [2.75, 3.05) is 26.7 Å². The first kappa shape index (κ1) is 21.8. The maximum Gasteiger partial charge on any atom is 0.259 e. The van der Waals surface area contributed by atoms with Gasteiger partial charge >= 0.3 is 0 Å². The quantitative estimate of drug-likeness (QED) is 0.754. The molecule has 3 atom stereocenters. The molecule has 1 aliphatic rings. The molecule has 158 valence electrons. The number of rotatable bonds is 4. The van der Waals surface area contributed by atoms with Gasteiger partial charge in [-0.05, 0) is 32.2 Å². The van der Waals surface area contributed by atoms with Gasteiger partial charge < -0.3 is 20.1 Å². The smallest absolute Gasteiger partial charge is 0.259 e. The Balaban J connectivity index is 2.02. The molecule has 0 unspecified atom stereocenters. The highest BCUT2D eigenvalue weighted by molar-refractivity contribution is 5.97. The second-order valence-electron chi connectivity index (χ2n) is 7.49. The molecule has 1 amide bonds. The number of halogens is 1. The zero-order valence-corrected chi connectivity index (χ0v) is 17.4. The number of fused-ring (bicyclic) bond motifs is 1. The summed E-state index contributed by atoms with van der Waals surface area (Å²) in [5.74, 6) is 5.24. The SMILES string of the molecule is CNC[C@@H]1Oc2ncc(C#Cc3ccccc3F)cc2C(=O)N([C@H](C)CO)C[C@@H]1C. The maximum atomic E-state index is 13.8. The summed E-state index contributed by atoms with van der Waals surface area (Å²) in [5, 5.41) is 12.8. The van der Waals surface area contributed by atoms with Crippen molar-refractivity contribution in [1.29, 1.82) is 0 Å². The summed E-state index contributed by atoms with van der Waals surface area (Å²) < 4.78 is 19.9. The number of benzene rings is 1. The summed E-state index contributed by atoms with van der Waals surface area (Å²) in [6, 6.07) is 7.50. The van der Waals surface area contributed by atoms with Crippen molar-refractivity contribution in [1.82, 2.24) is 15.2 Å². The van der Waals surface area contributed by atoms with Crippen LogP contribution in [0.3, 0.4) is 0 Å². The van der Waals surface area contributed by atoms with Crippen LogP contribution < -0.4 is 10.1 Å². The van der Waals surface area contributed by atoms with E-state index in [0.29, 0.717) is 18.7 Å². The minimum absolute atomic E-state index is 0.0332. The van der Waals surface area contributed by atoms with Gasteiger partial charge in [0.1, 0.15) is 17.5 Å². The Bertz CT molecular complexity index is 970. The van der Waals surface area contributed by atoms with E-state index in [0.717, 1.165) is 0 Å². The number of nitrogens with one attached hydrogen (secondary N) is 1. The van der Waals surface area contributed by atoms with Gasteiger partial charge in [-0.25, -0.2) is 9.37 Å². The van der Waals surface area contributed by atoms with E-state index in [1.165, 1.54) is 12.3 Å². The number of aromatic nitrogens is 1. The van der Waals surface area contributed by atoms with Crippen LogP contribution in [0.2, 0.25) is 0 Å². The molecule has 0 saturated heterocycles. The third kappa shape index (κ3) is 4.78. The standard InChI is InChI=1S/C23H26FN3O3/c1-15-13-27(16(2)14-28)23(29)19-10-17(8-9-18-6-4-5-7-20(18)24)11-26-22(19)30-21(15)12-25-3/h4-7,10-11,15-16,21,25,28H,12-14H2,1-3H3/t15-,16+,21-/m0/s1. The number of likely N-dealkylation sites (N-methyl/N-ethyl adjacent to an activating group) is 1.